The quantitative estimate of drug-likeness (QED) is 0.322. The monoisotopic (exact) mass is 411 g/mol. The van der Waals surface area contributed by atoms with Gasteiger partial charge in [-0.15, -0.1) is 11.3 Å². The van der Waals surface area contributed by atoms with E-state index in [1.54, 1.807) is 18.3 Å². The average molecular weight is 412 g/mol. The predicted octanol–water partition coefficient (Wildman–Crippen LogP) is 4.68. The van der Waals surface area contributed by atoms with Crippen LogP contribution in [-0.2, 0) is 9.53 Å². The molecule has 6 nitrogen and oxygen atoms in total. The molecule has 0 spiro atoms. The number of hydrogen-bond donors (Lipinski definition) is 0. The van der Waals surface area contributed by atoms with Gasteiger partial charge in [0.1, 0.15) is 5.82 Å². The van der Waals surface area contributed by atoms with Crippen LogP contribution in [0.4, 0.5) is 0 Å². The van der Waals surface area contributed by atoms with Gasteiger partial charge in [0.2, 0.25) is 5.78 Å². The van der Waals surface area contributed by atoms with Crippen molar-refractivity contribution >= 4 is 29.2 Å². The number of esters is 1. The topological polar surface area (TPSA) is 66.1 Å². The molecule has 0 aromatic carbocycles. The maximum Gasteiger partial charge on any atom is 0.331 e. The number of carbonyl (C=O) groups is 2. The van der Waals surface area contributed by atoms with Crippen LogP contribution in [0.2, 0.25) is 0 Å². The van der Waals surface area contributed by atoms with Crippen molar-refractivity contribution < 1.29 is 14.3 Å². The van der Waals surface area contributed by atoms with E-state index in [1.807, 2.05) is 43.7 Å². The Balaban J connectivity index is 1.70. The van der Waals surface area contributed by atoms with Gasteiger partial charge in [-0.2, -0.15) is 5.10 Å². The van der Waals surface area contributed by atoms with Gasteiger partial charge in [0.05, 0.1) is 11.1 Å². The molecule has 7 heteroatoms. The molecule has 0 unspecified atom stereocenters. The molecule has 3 aromatic rings. The smallest absolute Gasteiger partial charge is 0.331 e. The molecule has 0 bridgehead atoms. The number of hydrogen-bond acceptors (Lipinski definition) is 5. The molecule has 0 aliphatic rings. The van der Waals surface area contributed by atoms with Crippen molar-refractivity contribution in [3.63, 3.8) is 0 Å². The van der Waals surface area contributed by atoms with Crippen molar-refractivity contribution in [2.75, 3.05) is 6.61 Å². The summed E-state index contributed by atoms with van der Waals surface area (Å²) in [5.74, 6) is 0.252. The van der Waals surface area contributed by atoms with E-state index in [4.69, 9.17) is 4.74 Å². The van der Waals surface area contributed by atoms with Gasteiger partial charge in [0, 0.05) is 34.4 Å². The predicted molar refractivity (Wildman–Crippen MR) is 115 cm³/mol. The van der Waals surface area contributed by atoms with Gasteiger partial charge >= 0.3 is 5.97 Å². The molecule has 0 amide bonds. The number of ketones is 1. The summed E-state index contributed by atoms with van der Waals surface area (Å²) in [4.78, 5) is 25.8. The second-order valence-electron chi connectivity index (χ2n) is 7.16. The second kappa shape index (κ2) is 8.61. The first-order valence-electron chi connectivity index (χ1n) is 9.45. The molecule has 0 saturated carbocycles. The number of ether oxygens (including phenoxy) is 1. The Labute approximate surface area is 174 Å². The number of rotatable bonds is 7. The summed E-state index contributed by atoms with van der Waals surface area (Å²) in [5.41, 5.74) is 2.96. The second-order valence-corrected chi connectivity index (χ2v) is 8.45. The maximum absolute atomic E-state index is 12.1. The molecule has 0 saturated heterocycles. The van der Waals surface area contributed by atoms with Crippen LogP contribution in [0.3, 0.4) is 0 Å². The minimum Gasteiger partial charge on any atom is -0.454 e. The molecular weight excluding hydrogens is 386 g/mol. The van der Waals surface area contributed by atoms with Crippen LogP contribution >= 0.6 is 11.3 Å². The number of thiophene rings is 1. The highest BCUT2D eigenvalue weighted by atomic mass is 32.1. The summed E-state index contributed by atoms with van der Waals surface area (Å²) >= 11 is 1.40. The molecule has 0 atom stereocenters. The summed E-state index contributed by atoms with van der Waals surface area (Å²) in [5, 5.41) is 4.40. The average Bonchev–Trinajstić information content (AvgIpc) is 3.37. The molecule has 0 radical (unpaired) electrons. The fourth-order valence-corrected chi connectivity index (χ4v) is 3.98. The summed E-state index contributed by atoms with van der Waals surface area (Å²) in [7, 11) is 0. The van der Waals surface area contributed by atoms with E-state index < -0.39 is 5.97 Å². The standard InChI is InChI=1S/C22H25N3O3S/c1-14(2)25-21(10-11-23-25)24-15(3)12-18(17(24)5)7-9-22(27)28-13-19(26)20-8-6-16(4)29-20/h6-12,14H,13H2,1-5H3/b9-7+. The molecule has 29 heavy (non-hydrogen) atoms. The van der Waals surface area contributed by atoms with Gasteiger partial charge in [-0.1, -0.05) is 0 Å². The molecule has 3 rings (SSSR count). The van der Waals surface area contributed by atoms with E-state index >= 15 is 0 Å². The molecule has 0 aliphatic heterocycles. The number of nitrogens with zero attached hydrogens (tertiary/aromatic N) is 3. The van der Waals surface area contributed by atoms with E-state index in [9.17, 15) is 9.59 Å². The Morgan fingerprint density at radius 2 is 1.97 bits per heavy atom. The molecule has 0 fully saturated rings. The first-order chi connectivity index (χ1) is 13.8. The van der Waals surface area contributed by atoms with Crippen LogP contribution in [0.1, 0.15) is 51.4 Å². The zero-order chi connectivity index (χ0) is 21.1. The van der Waals surface area contributed by atoms with Crippen LogP contribution < -0.4 is 0 Å². The van der Waals surface area contributed by atoms with Gasteiger partial charge in [-0.05, 0) is 64.5 Å². The van der Waals surface area contributed by atoms with E-state index in [-0.39, 0.29) is 18.4 Å². The SMILES string of the molecule is Cc1ccc(C(=O)COC(=O)/C=C/c2cc(C)n(-c3ccnn3C(C)C)c2C)s1. The van der Waals surface area contributed by atoms with Crippen molar-refractivity contribution in [2.24, 2.45) is 0 Å². The highest BCUT2D eigenvalue weighted by Gasteiger charge is 2.15. The lowest BCUT2D eigenvalue weighted by Crippen LogP contribution is -2.11. The Morgan fingerprint density at radius 3 is 2.62 bits per heavy atom. The largest absolute Gasteiger partial charge is 0.454 e. The molecule has 0 aliphatic carbocycles. The third-order valence-electron chi connectivity index (χ3n) is 4.60. The lowest BCUT2D eigenvalue weighted by molar-refractivity contribution is -0.136. The molecule has 3 heterocycles. The Morgan fingerprint density at radius 1 is 1.21 bits per heavy atom. The number of aryl methyl sites for hydroxylation is 2. The van der Waals surface area contributed by atoms with Crippen molar-refractivity contribution in [2.45, 2.75) is 40.7 Å². The Hall–Kier alpha value is -2.93. The maximum atomic E-state index is 12.1. The zero-order valence-electron chi connectivity index (χ0n) is 17.3. The van der Waals surface area contributed by atoms with Gasteiger partial charge in [-0.25, -0.2) is 9.48 Å². The van der Waals surface area contributed by atoms with Gasteiger partial charge in [0.25, 0.3) is 0 Å². The fourth-order valence-electron chi connectivity index (χ4n) is 3.19. The molecule has 0 N–H and O–H groups in total. The molecular formula is C22H25N3O3S. The van der Waals surface area contributed by atoms with E-state index in [0.29, 0.717) is 4.88 Å². The third-order valence-corrected chi connectivity index (χ3v) is 5.64. The number of aromatic nitrogens is 3. The highest BCUT2D eigenvalue weighted by molar-refractivity contribution is 7.14. The van der Waals surface area contributed by atoms with E-state index in [1.165, 1.54) is 17.4 Å². The van der Waals surface area contributed by atoms with Crippen LogP contribution in [0.5, 0.6) is 0 Å². The first kappa shape index (κ1) is 20.8. The molecule has 3 aromatic heterocycles. The fraction of sp³-hybridized carbons (Fsp3) is 0.318. The summed E-state index contributed by atoms with van der Waals surface area (Å²) < 4.78 is 9.17. The number of Topliss-reactive ketones (excluding diaryl/α,β-unsaturated/α-hetero) is 1. The van der Waals surface area contributed by atoms with Gasteiger partial charge in [-0.3, -0.25) is 4.79 Å². The van der Waals surface area contributed by atoms with Crippen LogP contribution in [0.15, 0.2) is 36.5 Å². The minimum absolute atomic E-state index is 0.190. The third kappa shape index (κ3) is 4.56. The van der Waals surface area contributed by atoms with E-state index in [0.717, 1.165) is 27.6 Å². The van der Waals surface area contributed by atoms with Crippen LogP contribution in [0.25, 0.3) is 11.9 Å². The minimum atomic E-state index is -0.538. The van der Waals surface area contributed by atoms with Gasteiger partial charge < -0.3 is 9.30 Å². The lowest BCUT2D eigenvalue weighted by Gasteiger charge is -2.15. The van der Waals surface area contributed by atoms with Crippen molar-refractivity contribution in [3.05, 3.63) is 63.2 Å². The first-order valence-corrected chi connectivity index (χ1v) is 10.3. The van der Waals surface area contributed by atoms with E-state index in [2.05, 4.69) is 23.5 Å². The van der Waals surface area contributed by atoms with Crippen LogP contribution in [-0.4, -0.2) is 32.7 Å². The Kier molecular flexibility index (Phi) is 6.17. The van der Waals surface area contributed by atoms with Crippen LogP contribution in [0, 0.1) is 20.8 Å². The van der Waals surface area contributed by atoms with Crippen molar-refractivity contribution in [3.8, 4) is 5.82 Å². The summed E-state index contributed by atoms with van der Waals surface area (Å²) in [6.07, 6.45) is 4.86. The summed E-state index contributed by atoms with van der Waals surface area (Å²) in [6, 6.07) is 7.85. The summed E-state index contributed by atoms with van der Waals surface area (Å²) in [6.45, 7) is 9.86. The van der Waals surface area contributed by atoms with Crippen molar-refractivity contribution in [1.82, 2.24) is 14.3 Å². The molecule has 152 valence electrons. The lowest BCUT2D eigenvalue weighted by atomic mass is 10.2. The van der Waals surface area contributed by atoms with Crippen molar-refractivity contribution in [1.29, 1.82) is 0 Å². The zero-order valence-corrected chi connectivity index (χ0v) is 18.1. The normalized spacial score (nSPS) is 11.5. The van der Waals surface area contributed by atoms with Gasteiger partial charge in [0.15, 0.2) is 6.61 Å². The number of carbonyl (C=O) groups excluding carboxylic acids is 2. The Bertz CT molecular complexity index is 1070. The highest BCUT2D eigenvalue weighted by Crippen LogP contribution is 2.23.